The van der Waals surface area contributed by atoms with Crippen molar-refractivity contribution in [2.75, 3.05) is 0 Å². The van der Waals surface area contributed by atoms with Gasteiger partial charge in [-0.2, -0.15) is 0 Å². The van der Waals surface area contributed by atoms with Crippen LogP contribution in [0.5, 0.6) is 0 Å². The number of halogens is 1. The molecule has 0 aliphatic heterocycles. The molecule has 0 unspecified atom stereocenters. The molecule has 2 rings (SSSR count). The number of imidazole rings is 1. The lowest BCUT2D eigenvalue weighted by Gasteiger charge is -2.05. The Kier molecular flexibility index (Phi) is 2.78. The maximum absolute atomic E-state index is 4.41. The monoisotopic (exact) mass is 271 g/mol. The minimum atomic E-state index is 0.511. The van der Waals surface area contributed by atoms with Crippen LogP contribution in [-0.4, -0.2) is 19.6 Å². The van der Waals surface area contributed by atoms with Gasteiger partial charge in [0, 0.05) is 23.8 Å². The number of nitrogens with zero attached hydrogens (tertiary/aromatic N) is 3. The Hall–Kier alpha value is -0.550. The van der Waals surface area contributed by atoms with Crippen LogP contribution in [0.1, 0.15) is 13.8 Å². The van der Waals surface area contributed by atoms with Gasteiger partial charge in [0.15, 0.2) is 5.65 Å². The van der Waals surface area contributed by atoms with Crippen LogP contribution < -0.4 is 0 Å². The molecule has 5 heteroatoms. The van der Waals surface area contributed by atoms with Gasteiger partial charge in [0.05, 0.1) is 0 Å². The van der Waals surface area contributed by atoms with Crippen molar-refractivity contribution in [3.8, 4) is 0 Å². The first-order chi connectivity index (χ1) is 6.66. The molecule has 0 N–H and O–H groups in total. The molecule has 0 amide bonds. The zero-order valence-corrected chi connectivity index (χ0v) is 10.3. The van der Waals surface area contributed by atoms with Crippen LogP contribution in [0.4, 0.5) is 0 Å². The van der Waals surface area contributed by atoms with E-state index in [9.17, 15) is 0 Å². The smallest absolute Gasteiger partial charge is 0.169 e. The van der Waals surface area contributed by atoms with Crippen LogP contribution in [-0.2, 0) is 0 Å². The summed E-state index contributed by atoms with van der Waals surface area (Å²) >= 11 is 5.11. The number of fused-ring (bicyclic) bond motifs is 1. The summed E-state index contributed by atoms with van der Waals surface area (Å²) in [5.41, 5.74) is 0.923. The molecule has 3 nitrogen and oxygen atoms in total. The van der Waals surface area contributed by atoms with Crippen molar-refractivity contribution in [3.05, 3.63) is 23.2 Å². The van der Waals surface area contributed by atoms with E-state index in [1.807, 2.05) is 16.8 Å². The average Bonchev–Trinajstić information content (AvgIpc) is 2.50. The van der Waals surface area contributed by atoms with Crippen molar-refractivity contribution in [2.45, 2.75) is 24.1 Å². The van der Waals surface area contributed by atoms with Gasteiger partial charge in [-0.1, -0.05) is 25.6 Å². The SMILES string of the molecule is CC(C)Sc1nc(Br)cn2ccnc12. The Morgan fingerprint density at radius 1 is 1.50 bits per heavy atom. The van der Waals surface area contributed by atoms with Crippen molar-refractivity contribution < 1.29 is 0 Å². The van der Waals surface area contributed by atoms with Crippen molar-refractivity contribution in [1.82, 2.24) is 14.4 Å². The fourth-order valence-electron chi connectivity index (χ4n) is 1.18. The lowest BCUT2D eigenvalue weighted by molar-refractivity contribution is 0.996. The van der Waals surface area contributed by atoms with Gasteiger partial charge < -0.3 is 4.40 Å². The Morgan fingerprint density at radius 3 is 3.00 bits per heavy atom. The maximum Gasteiger partial charge on any atom is 0.169 e. The standard InChI is InChI=1S/C9H10BrN3S/c1-6(2)14-9-8-11-3-4-13(8)5-7(10)12-9/h3-6H,1-2H3. The van der Waals surface area contributed by atoms with Gasteiger partial charge >= 0.3 is 0 Å². The molecule has 0 radical (unpaired) electrons. The van der Waals surface area contributed by atoms with E-state index in [4.69, 9.17) is 0 Å². The van der Waals surface area contributed by atoms with Crippen LogP contribution in [0.15, 0.2) is 28.2 Å². The fraction of sp³-hybridized carbons (Fsp3) is 0.333. The normalized spacial score (nSPS) is 11.4. The average molecular weight is 272 g/mol. The Balaban J connectivity index is 2.55. The summed E-state index contributed by atoms with van der Waals surface area (Å²) in [6.07, 6.45) is 5.62. The second-order valence-electron chi connectivity index (χ2n) is 3.19. The van der Waals surface area contributed by atoms with Gasteiger partial charge in [-0.15, -0.1) is 0 Å². The highest BCUT2D eigenvalue weighted by Crippen LogP contribution is 2.25. The molecule has 0 saturated heterocycles. The van der Waals surface area contributed by atoms with Crippen LogP contribution in [0, 0.1) is 0 Å². The third kappa shape index (κ3) is 1.93. The van der Waals surface area contributed by atoms with Crippen molar-refractivity contribution >= 4 is 33.3 Å². The van der Waals surface area contributed by atoms with E-state index in [-0.39, 0.29) is 0 Å². The highest BCUT2D eigenvalue weighted by molar-refractivity contribution is 9.10. The van der Waals surface area contributed by atoms with Gasteiger partial charge in [-0.25, -0.2) is 9.97 Å². The van der Waals surface area contributed by atoms with Gasteiger partial charge in [0.25, 0.3) is 0 Å². The van der Waals surface area contributed by atoms with Crippen LogP contribution >= 0.6 is 27.7 Å². The molecule has 0 aromatic carbocycles. The maximum atomic E-state index is 4.41. The summed E-state index contributed by atoms with van der Waals surface area (Å²) in [7, 11) is 0. The minimum Gasteiger partial charge on any atom is -0.302 e. The quantitative estimate of drug-likeness (QED) is 0.787. The highest BCUT2D eigenvalue weighted by atomic mass is 79.9. The van der Waals surface area contributed by atoms with E-state index >= 15 is 0 Å². The van der Waals surface area contributed by atoms with E-state index < -0.39 is 0 Å². The van der Waals surface area contributed by atoms with Crippen molar-refractivity contribution in [1.29, 1.82) is 0 Å². The number of hydrogen-bond acceptors (Lipinski definition) is 3. The predicted octanol–water partition coefficient (Wildman–Crippen LogP) is 2.99. The molecule has 14 heavy (non-hydrogen) atoms. The van der Waals surface area contributed by atoms with Crippen molar-refractivity contribution in [3.63, 3.8) is 0 Å². The van der Waals surface area contributed by atoms with E-state index in [1.54, 1.807) is 18.0 Å². The molecule has 2 aromatic rings. The summed E-state index contributed by atoms with van der Waals surface area (Å²) in [5.74, 6) is 0. The van der Waals surface area contributed by atoms with Crippen LogP contribution in [0.25, 0.3) is 5.65 Å². The topological polar surface area (TPSA) is 30.2 Å². The Bertz CT molecular complexity index is 452. The number of aromatic nitrogens is 3. The van der Waals surface area contributed by atoms with Gasteiger partial charge in [0.2, 0.25) is 0 Å². The van der Waals surface area contributed by atoms with E-state index in [0.29, 0.717) is 5.25 Å². The first-order valence-electron chi connectivity index (χ1n) is 4.32. The fourth-order valence-corrected chi connectivity index (χ4v) is 2.55. The molecule has 0 atom stereocenters. The molecule has 0 fully saturated rings. The largest absolute Gasteiger partial charge is 0.302 e. The Morgan fingerprint density at radius 2 is 2.29 bits per heavy atom. The summed E-state index contributed by atoms with van der Waals surface area (Å²) in [5, 5.41) is 1.48. The lowest BCUT2D eigenvalue weighted by Crippen LogP contribution is -1.95. The molecule has 0 aliphatic carbocycles. The zero-order chi connectivity index (χ0) is 10.1. The molecule has 0 spiro atoms. The van der Waals surface area contributed by atoms with E-state index in [1.165, 1.54) is 0 Å². The second-order valence-corrected chi connectivity index (χ2v) is 5.57. The van der Waals surface area contributed by atoms with Gasteiger partial charge in [0.1, 0.15) is 9.63 Å². The molecule has 2 aromatic heterocycles. The third-order valence-corrected chi connectivity index (χ3v) is 3.01. The molecule has 0 saturated carbocycles. The first-order valence-corrected chi connectivity index (χ1v) is 6.00. The summed E-state index contributed by atoms with van der Waals surface area (Å²) in [4.78, 5) is 8.68. The van der Waals surface area contributed by atoms with E-state index in [2.05, 4.69) is 39.7 Å². The van der Waals surface area contributed by atoms with E-state index in [0.717, 1.165) is 15.3 Å². The molecular weight excluding hydrogens is 262 g/mol. The molecule has 74 valence electrons. The Labute approximate surface area is 95.1 Å². The summed E-state index contributed by atoms with van der Waals surface area (Å²) in [6, 6.07) is 0. The van der Waals surface area contributed by atoms with Crippen molar-refractivity contribution in [2.24, 2.45) is 0 Å². The summed E-state index contributed by atoms with van der Waals surface area (Å²) < 4.78 is 2.81. The van der Waals surface area contributed by atoms with Crippen LogP contribution in [0.3, 0.4) is 0 Å². The molecule has 0 bridgehead atoms. The number of hydrogen-bond donors (Lipinski definition) is 0. The highest BCUT2D eigenvalue weighted by Gasteiger charge is 2.08. The minimum absolute atomic E-state index is 0.511. The first kappa shape index (κ1) is 9.98. The molecule has 2 heterocycles. The predicted molar refractivity (Wildman–Crippen MR) is 61.7 cm³/mol. The van der Waals surface area contributed by atoms with Gasteiger partial charge in [-0.05, 0) is 15.9 Å². The molecular formula is C9H10BrN3S. The number of rotatable bonds is 2. The van der Waals surface area contributed by atoms with Gasteiger partial charge in [-0.3, -0.25) is 0 Å². The third-order valence-electron chi connectivity index (χ3n) is 1.66. The van der Waals surface area contributed by atoms with Crippen LogP contribution in [0.2, 0.25) is 0 Å². The summed E-state index contributed by atoms with van der Waals surface area (Å²) in [6.45, 7) is 4.29. The lowest BCUT2D eigenvalue weighted by atomic mass is 10.6. The number of thioether (sulfide) groups is 1. The zero-order valence-electron chi connectivity index (χ0n) is 7.94. The second kappa shape index (κ2) is 3.90. The molecule has 0 aliphatic rings.